The molecular formula is C9H9ClFN5. The third-order valence-corrected chi connectivity index (χ3v) is 2.27. The minimum absolute atomic E-state index is 0.162. The molecule has 0 radical (unpaired) electrons. The van der Waals surface area contributed by atoms with Crippen LogP contribution in [0.5, 0.6) is 0 Å². The van der Waals surface area contributed by atoms with E-state index in [1.54, 1.807) is 0 Å². The van der Waals surface area contributed by atoms with E-state index >= 15 is 0 Å². The summed E-state index contributed by atoms with van der Waals surface area (Å²) in [6.45, 7) is 3.66. The van der Waals surface area contributed by atoms with Crippen LogP contribution in [0.15, 0.2) is 6.07 Å². The molecule has 2 N–H and O–H groups in total. The van der Waals surface area contributed by atoms with E-state index in [-0.39, 0.29) is 16.9 Å². The van der Waals surface area contributed by atoms with Crippen LogP contribution in [0, 0.1) is 19.7 Å². The Kier molecular flexibility index (Phi) is 2.51. The van der Waals surface area contributed by atoms with Crippen molar-refractivity contribution in [3.05, 3.63) is 28.4 Å². The molecule has 0 aliphatic carbocycles. The van der Waals surface area contributed by atoms with Crippen molar-refractivity contribution in [3.8, 4) is 5.95 Å². The second-order valence-corrected chi connectivity index (χ2v) is 3.71. The third-order valence-electron chi connectivity index (χ3n) is 2.02. The fraction of sp³-hybridized carbons (Fsp3) is 0.222. The van der Waals surface area contributed by atoms with Gasteiger partial charge in [-0.3, -0.25) is 0 Å². The van der Waals surface area contributed by atoms with Crippen LogP contribution in [0.3, 0.4) is 0 Å². The van der Waals surface area contributed by atoms with Gasteiger partial charge in [0.1, 0.15) is 0 Å². The average Bonchev–Trinajstić information content (AvgIpc) is 2.53. The lowest BCUT2D eigenvalue weighted by Crippen LogP contribution is -2.09. The number of anilines is 1. The van der Waals surface area contributed by atoms with Crippen molar-refractivity contribution in [2.75, 3.05) is 5.73 Å². The van der Waals surface area contributed by atoms with E-state index in [9.17, 15) is 4.39 Å². The zero-order valence-electron chi connectivity index (χ0n) is 8.70. The number of halogens is 2. The molecule has 7 heteroatoms. The van der Waals surface area contributed by atoms with Crippen LogP contribution in [0.2, 0.25) is 5.15 Å². The van der Waals surface area contributed by atoms with E-state index in [1.165, 1.54) is 4.68 Å². The molecule has 0 atom stereocenters. The molecule has 0 saturated carbocycles. The Morgan fingerprint density at radius 3 is 2.56 bits per heavy atom. The minimum atomic E-state index is -0.813. The summed E-state index contributed by atoms with van der Waals surface area (Å²) in [4.78, 5) is 7.56. The molecule has 0 aliphatic rings. The first-order valence-electron chi connectivity index (χ1n) is 4.51. The summed E-state index contributed by atoms with van der Waals surface area (Å²) >= 11 is 5.58. The molecule has 2 aromatic rings. The summed E-state index contributed by atoms with van der Waals surface area (Å²) in [6.07, 6.45) is 0. The molecule has 0 aromatic carbocycles. The number of hydrogen-bond donors (Lipinski definition) is 1. The molecule has 2 aromatic heterocycles. The van der Waals surface area contributed by atoms with E-state index in [4.69, 9.17) is 17.3 Å². The fourth-order valence-corrected chi connectivity index (χ4v) is 1.52. The summed E-state index contributed by atoms with van der Waals surface area (Å²) in [7, 11) is 0. The molecule has 0 fully saturated rings. The van der Waals surface area contributed by atoms with E-state index < -0.39 is 5.82 Å². The largest absolute Gasteiger partial charge is 0.381 e. The van der Waals surface area contributed by atoms with E-state index in [1.807, 2.05) is 19.9 Å². The van der Waals surface area contributed by atoms with Crippen molar-refractivity contribution in [3.63, 3.8) is 0 Å². The van der Waals surface area contributed by atoms with Crippen molar-refractivity contribution in [2.45, 2.75) is 13.8 Å². The monoisotopic (exact) mass is 241 g/mol. The van der Waals surface area contributed by atoms with Gasteiger partial charge in [-0.15, -0.1) is 0 Å². The minimum Gasteiger partial charge on any atom is -0.381 e. The van der Waals surface area contributed by atoms with Crippen molar-refractivity contribution in [1.29, 1.82) is 0 Å². The highest BCUT2D eigenvalue weighted by Gasteiger charge is 2.13. The lowest BCUT2D eigenvalue weighted by atomic mass is 10.4. The molecule has 5 nitrogen and oxygen atoms in total. The number of nitrogens with zero attached hydrogens (tertiary/aromatic N) is 4. The standard InChI is InChI=1S/C9H9ClFN5/c1-4-3-5(2)16(15-4)9-13-7(10)6(11)8(12)14-9/h3H,1-2H3,(H2,12,13,14). The molecule has 0 aliphatic heterocycles. The van der Waals surface area contributed by atoms with Gasteiger partial charge < -0.3 is 5.73 Å². The highest BCUT2D eigenvalue weighted by Crippen LogP contribution is 2.18. The zero-order valence-corrected chi connectivity index (χ0v) is 9.46. The zero-order chi connectivity index (χ0) is 11.9. The molecule has 2 rings (SSSR count). The topological polar surface area (TPSA) is 69.6 Å². The van der Waals surface area contributed by atoms with Gasteiger partial charge in [-0.25, -0.2) is 4.68 Å². The summed E-state index contributed by atoms with van der Waals surface area (Å²) in [5.41, 5.74) is 6.99. The molecule has 2 heterocycles. The maximum Gasteiger partial charge on any atom is 0.254 e. The van der Waals surface area contributed by atoms with Gasteiger partial charge in [-0.2, -0.15) is 19.5 Å². The van der Waals surface area contributed by atoms with E-state index in [0.717, 1.165) is 11.4 Å². The number of aromatic nitrogens is 4. The average molecular weight is 242 g/mol. The Hall–Kier alpha value is -1.69. The van der Waals surface area contributed by atoms with Gasteiger partial charge in [0.2, 0.25) is 5.82 Å². The summed E-state index contributed by atoms with van der Waals surface area (Å²) < 4.78 is 14.6. The van der Waals surface area contributed by atoms with Crippen LogP contribution in [-0.2, 0) is 0 Å². The molecule has 0 spiro atoms. The van der Waals surface area contributed by atoms with Crippen molar-refractivity contribution >= 4 is 17.4 Å². The van der Waals surface area contributed by atoms with Crippen LogP contribution in [0.25, 0.3) is 5.95 Å². The number of nitrogen functional groups attached to an aromatic ring is 1. The Labute approximate surface area is 96.1 Å². The molecule has 0 unspecified atom stereocenters. The highest BCUT2D eigenvalue weighted by molar-refractivity contribution is 6.29. The second-order valence-electron chi connectivity index (χ2n) is 3.35. The predicted molar refractivity (Wildman–Crippen MR) is 58.0 cm³/mol. The van der Waals surface area contributed by atoms with Crippen LogP contribution in [0.4, 0.5) is 10.2 Å². The van der Waals surface area contributed by atoms with Crippen molar-refractivity contribution in [1.82, 2.24) is 19.7 Å². The number of hydrogen-bond acceptors (Lipinski definition) is 4. The lowest BCUT2D eigenvalue weighted by Gasteiger charge is -2.04. The van der Waals surface area contributed by atoms with Crippen LogP contribution in [-0.4, -0.2) is 19.7 Å². The van der Waals surface area contributed by atoms with Gasteiger partial charge in [0.05, 0.1) is 5.69 Å². The molecule has 16 heavy (non-hydrogen) atoms. The molecule has 84 valence electrons. The molecule has 0 amide bonds. The van der Waals surface area contributed by atoms with Crippen molar-refractivity contribution in [2.24, 2.45) is 0 Å². The Bertz CT molecular complexity index is 528. The van der Waals surface area contributed by atoms with Crippen LogP contribution in [0.1, 0.15) is 11.4 Å². The Morgan fingerprint density at radius 1 is 1.38 bits per heavy atom. The summed E-state index contributed by atoms with van der Waals surface area (Å²) in [6, 6.07) is 1.84. The van der Waals surface area contributed by atoms with Gasteiger partial charge in [0.15, 0.2) is 11.0 Å². The Morgan fingerprint density at radius 2 is 2.06 bits per heavy atom. The number of nitrogens with two attached hydrogens (primary N) is 1. The normalized spacial score (nSPS) is 10.8. The number of rotatable bonds is 1. The van der Waals surface area contributed by atoms with Crippen LogP contribution < -0.4 is 5.73 Å². The van der Waals surface area contributed by atoms with Gasteiger partial charge in [-0.1, -0.05) is 11.6 Å². The van der Waals surface area contributed by atoms with Gasteiger partial charge in [0, 0.05) is 5.69 Å². The summed E-state index contributed by atoms with van der Waals surface area (Å²) in [5.74, 6) is -0.941. The molecular weight excluding hydrogens is 233 g/mol. The maximum absolute atomic E-state index is 13.1. The number of aryl methyl sites for hydroxylation is 2. The van der Waals surface area contributed by atoms with Gasteiger partial charge in [0.25, 0.3) is 5.95 Å². The van der Waals surface area contributed by atoms with Crippen molar-refractivity contribution < 1.29 is 4.39 Å². The first-order valence-corrected chi connectivity index (χ1v) is 4.89. The molecule has 0 saturated heterocycles. The smallest absolute Gasteiger partial charge is 0.254 e. The molecule has 0 bridgehead atoms. The Balaban J connectivity index is 2.61. The SMILES string of the molecule is Cc1cc(C)n(-c2nc(N)c(F)c(Cl)n2)n1. The third kappa shape index (κ3) is 1.71. The fourth-order valence-electron chi connectivity index (χ4n) is 1.35. The first-order chi connectivity index (χ1) is 7.49. The quantitative estimate of drug-likeness (QED) is 0.771. The predicted octanol–water partition coefficient (Wildman–Crippen LogP) is 1.65. The lowest BCUT2D eigenvalue weighted by molar-refractivity contribution is 0.614. The summed E-state index contributed by atoms with van der Waals surface area (Å²) in [5, 5.41) is 3.84. The van der Waals surface area contributed by atoms with E-state index in [2.05, 4.69) is 15.1 Å². The van der Waals surface area contributed by atoms with Crippen LogP contribution >= 0.6 is 11.6 Å². The maximum atomic E-state index is 13.1. The van der Waals surface area contributed by atoms with Gasteiger partial charge >= 0.3 is 0 Å². The first kappa shape index (κ1) is 10.8. The highest BCUT2D eigenvalue weighted by atomic mass is 35.5. The van der Waals surface area contributed by atoms with Gasteiger partial charge in [-0.05, 0) is 19.9 Å². The second kappa shape index (κ2) is 3.71. The van der Waals surface area contributed by atoms with E-state index in [0.29, 0.717) is 0 Å².